The molecule has 0 aromatic heterocycles. The summed E-state index contributed by atoms with van der Waals surface area (Å²) >= 11 is 0. The van der Waals surface area contributed by atoms with E-state index in [-0.39, 0.29) is 18.6 Å². The fourth-order valence-electron chi connectivity index (χ4n) is 3.93. The van der Waals surface area contributed by atoms with E-state index in [4.69, 9.17) is 10.00 Å². The molecule has 4 rings (SSSR count). The first-order chi connectivity index (χ1) is 15.8. The first-order valence-electron chi connectivity index (χ1n) is 10.7. The van der Waals surface area contributed by atoms with E-state index in [1.165, 1.54) is 0 Å². The smallest absolute Gasteiger partial charge is 0.221 e. The number of aryl methyl sites for hydroxylation is 1. The fourth-order valence-corrected chi connectivity index (χ4v) is 3.93. The Kier molecular flexibility index (Phi) is 6.79. The molecule has 4 aromatic carbocycles. The van der Waals surface area contributed by atoms with Crippen LogP contribution in [0.25, 0.3) is 10.8 Å². The van der Waals surface area contributed by atoms with E-state index in [0.29, 0.717) is 18.6 Å². The van der Waals surface area contributed by atoms with E-state index in [1.54, 1.807) is 0 Å². The molecule has 0 radical (unpaired) electrons. The summed E-state index contributed by atoms with van der Waals surface area (Å²) in [5.74, 6) is 0.681. The molecule has 0 aliphatic rings. The van der Waals surface area contributed by atoms with Crippen LogP contribution in [0.15, 0.2) is 97.1 Å². The summed E-state index contributed by atoms with van der Waals surface area (Å²) < 4.78 is 5.56. The number of carbonyl (C=O) groups excluding carboxylic acids is 1. The lowest BCUT2D eigenvalue weighted by Gasteiger charge is -2.20. The number of rotatable bonds is 8. The van der Waals surface area contributed by atoms with Crippen molar-refractivity contribution >= 4 is 16.7 Å². The number of ether oxygens (including phenoxy) is 1. The Balaban J connectivity index is 1.51. The highest BCUT2D eigenvalue weighted by molar-refractivity contribution is 5.91. The van der Waals surface area contributed by atoms with Crippen LogP contribution in [-0.2, 0) is 11.2 Å². The van der Waals surface area contributed by atoms with Gasteiger partial charge in [0, 0.05) is 11.8 Å². The first-order valence-corrected chi connectivity index (χ1v) is 10.7. The van der Waals surface area contributed by atoms with Crippen LogP contribution in [-0.4, -0.2) is 12.5 Å². The van der Waals surface area contributed by atoms with Gasteiger partial charge in [-0.15, -0.1) is 0 Å². The molecule has 0 aliphatic carbocycles. The molecule has 0 atom stereocenters. The molecule has 0 aliphatic heterocycles. The highest BCUT2D eigenvalue weighted by Gasteiger charge is 2.17. The number of benzene rings is 4. The number of nitriles is 1. The van der Waals surface area contributed by atoms with Crippen molar-refractivity contribution in [2.45, 2.75) is 18.9 Å². The Labute approximate surface area is 188 Å². The predicted molar refractivity (Wildman–Crippen MR) is 126 cm³/mol. The fraction of sp³-hybridized carbons (Fsp3) is 0.143. The molecule has 158 valence electrons. The summed E-state index contributed by atoms with van der Waals surface area (Å²) in [5, 5.41) is 14.0. The molecule has 1 N–H and O–H groups in total. The standard InChI is InChI=1S/C28H24N2O2/c29-19-20-32-26-16-8-14-24-21(13-7-15-25(24)26)17-18-27(31)30-28(22-9-3-1-4-10-22)23-11-5-2-6-12-23/h1-16,28H,17-18,20H2,(H,30,31). The number of nitrogens with zero attached hydrogens (tertiary/aromatic N) is 1. The van der Waals surface area contributed by atoms with E-state index in [1.807, 2.05) is 103 Å². The minimum absolute atomic E-state index is 0.00315. The summed E-state index contributed by atoms with van der Waals surface area (Å²) in [6.07, 6.45) is 0.986. The average molecular weight is 421 g/mol. The lowest BCUT2D eigenvalue weighted by Crippen LogP contribution is -2.29. The van der Waals surface area contributed by atoms with Crippen LogP contribution in [0.5, 0.6) is 5.75 Å². The van der Waals surface area contributed by atoms with Gasteiger partial charge < -0.3 is 10.1 Å². The van der Waals surface area contributed by atoms with Gasteiger partial charge in [-0.2, -0.15) is 5.26 Å². The van der Waals surface area contributed by atoms with Gasteiger partial charge in [-0.05, 0) is 34.6 Å². The lowest BCUT2D eigenvalue weighted by molar-refractivity contribution is -0.121. The molecule has 4 nitrogen and oxygen atoms in total. The summed E-state index contributed by atoms with van der Waals surface area (Å²) in [6.45, 7) is 0.00606. The minimum atomic E-state index is -0.191. The van der Waals surface area contributed by atoms with Gasteiger partial charge in [0.2, 0.25) is 5.91 Å². The maximum Gasteiger partial charge on any atom is 0.221 e. The van der Waals surface area contributed by atoms with Gasteiger partial charge in [-0.25, -0.2) is 0 Å². The van der Waals surface area contributed by atoms with Gasteiger partial charge in [-0.3, -0.25) is 4.79 Å². The summed E-state index contributed by atoms with van der Waals surface area (Å²) in [4.78, 5) is 12.9. The van der Waals surface area contributed by atoms with Gasteiger partial charge in [0.25, 0.3) is 0 Å². The van der Waals surface area contributed by atoms with Gasteiger partial charge >= 0.3 is 0 Å². The average Bonchev–Trinajstić information content (AvgIpc) is 2.85. The Morgan fingerprint density at radius 1 is 0.812 bits per heavy atom. The summed E-state index contributed by atoms with van der Waals surface area (Å²) in [6, 6.07) is 33.6. The molecule has 0 heterocycles. The van der Waals surface area contributed by atoms with Crippen molar-refractivity contribution in [3.8, 4) is 11.8 Å². The van der Waals surface area contributed by atoms with Crippen molar-refractivity contribution in [2.75, 3.05) is 6.61 Å². The quantitative estimate of drug-likeness (QED) is 0.405. The number of amides is 1. The van der Waals surface area contributed by atoms with E-state index in [9.17, 15) is 4.79 Å². The Morgan fingerprint density at radius 2 is 1.44 bits per heavy atom. The van der Waals surface area contributed by atoms with Crippen molar-refractivity contribution in [1.29, 1.82) is 5.26 Å². The van der Waals surface area contributed by atoms with Crippen molar-refractivity contribution < 1.29 is 9.53 Å². The molecule has 32 heavy (non-hydrogen) atoms. The number of hydrogen-bond donors (Lipinski definition) is 1. The van der Waals surface area contributed by atoms with Gasteiger partial charge in [-0.1, -0.05) is 91.0 Å². The monoisotopic (exact) mass is 420 g/mol. The highest BCUT2D eigenvalue weighted by atomic mass is 16.5. The summed E-state index contributed by atoms with van der Waals surface area (Å²) in [5.41, 5.74) is 3.18. The minimum Gasteiger partial charge on any atom is -0.478 e. The van der Waals surface area contributed by atoms with E-state index in [0.717, 1.165) is 27.5 Å². The molecule has 0 bridgehead atoms. The van der Waals surface area contributed by atoms with Crippen LogP contribution in [0.1, 0.15) is 29.2 Å². The third-order valence-corrected chi connectivity index (χ3v) is 5.46. The number of nitrogens with one attached hydrogen (secondary N) is 1. The third kappa shape index (κ3) is 4.96. The van der Waals surface area contributed by atoms with Crippen LogP contribution < -0.4 is 10.1 Å². The van der Waals surface area contributed by atoms with Crippen molar-refractivity contribution in [1.82, 2.24) is 5.32 Å². The number of carbonyl (C=O) groups is 1. The van der Waals surface area contributed by atoms with Crippen LogP contribution in [0.2, 0.25) is 0 Å². The molecule has 0 spiro atoms. The predicted octanol–water partition coefficient (Wildman–Crippen LogP) is 5.58. The van der Waals surface area contributed by atoms with Crippen LogP contribution in [0, 0.1) is 11.3 Å². The second-order valence-corrected chi connectivity index (χ2v) is 7.54. The topological polar surface area (TPSA) is 62.1 Å². The zero-order chi connectivity index (χ0) is 22.2. The molecular weight excluding hydrogens is 396 g/mol. The SMILES string of the molecule is N#CCOc1cccc2c(CCC(=O)NC(c3ccccc3)c3ccccc3)cccc12. The molecular formula is C28H24N2O2. The highest BCUT2D eigenvalue weighted by Crippen LogP contribution is 2.29. The maximum atomic E-state index is 12.9. The number of fused-ring (bicyclic) bond motifs is 1. The molecule has 0 fully saturated rings. The second kappa shape index (κ2) is 10.3. The molecule has 4 heteroatoms. The normalized spacial score (nSPS) is 10.6. The molecule has 0 saturated carbocycles. The zero-order valence-electron chi connectivity index (χ0n) is 17.7. The van der Waals surface area contributed by atoms with E-state index in [2.05, 4.69) is 5.32 Å². The van der Waals surface area contributed by atoms with Crippen molar-refractivity contribution in [2.24, 2.45) is 0 Å². The van der Waals surface area contributed by atoms with Crippen LogP contribution in [0.3, 0.4) is 0 Å². The first kappa shape index (κ1) is 21.1. The zero-order valence-corrected chi connectivity index (χ0v) is 17.7. The van der Waals surface area contributed by atoms with E-state index < -0.39 is 0 Å². The van der Waals surface area contributed by atoms with Crippen molar-refractivity contribution in [3.05, 3.63) is 114 Å². The summed E-state index contributed by atoms with van der Waals surface area (Å²) in [7, 11) is 0. The van der Waals surface area contributed by atoms with Gasteiger partial charge in [0.15, 0.2) is 6.61 Å². The van der Waals surface area contributed by atoms with Gasteiger partial charge in [0.1, 0.15) is 11.8 Å². The Morgan fingerprint density at radius 3 is 2.09 bits per heavy atom. The third-order valence-electron chi connectivity index (χ3n) is 5.46. The number of hydrogen-bond acceptors (Lipinski definition) is 3. The molecule has 4 aromatic rings. The second-order valence-electron chi connectivity index (χ2n) is 7.54. The Hall–Kier alpha value is -4.10. The van der Waals surface area contributed by atoms with Crippen molar-refractivity contribution in [3.63, 3.8) is 0 Å². The largest absolute Gasteiger partial charge is 0.478 e. The van der Waals surface area contributed by atoms with E-state index >= 15 is 0 Å². The lowest BCUT2D eigenvalue weighted by atomic mass is 9.97. The molecule has 0 saturated heterocycles. The van der Waals surface area contributed by atoms with Gasteiger partial charge in [0.05, 0.1) is 6.04 Å². The Bertz CT molecular complexity index is 1190. The molecule has 0 unspecified atom stereocenters. The maximum absolute atomic E-state index is 12.9. The van der Waals surface area contributed by atoms with Crippen LogP contribution in [0.4, 0.5) is 0 Å². The van der Waals surface area contributed by atoms with Crippen LogP contribution >= 0.6 is 0 Å². The molecule has 1 amide bonds.